The number of hydrogen-bond acceptors (Lipinski definition) is 4. The van der Waals surface area contributed by atoms with Crippen molar-refractivity contribution in [2.75, 3.05) is 14.2 Å². The fraction of sp³-hybridized carbons (Fsp3) is 0.438. The number of ether oxygens (including phenoxy) is 3. The average molecular weight is 276 g/mol. The number of fused-ring (bicyclic) bond motifs is 1. The van der Waals surface area contributed by atoms with E-state index in [9.17, 15) is 4.79 Å². The largest absolute Gasteiger partial charge is 0.493 e. The maximum atomic E-state index is 12.3. The monoisotopic (exact) mass is 276 g/mol. The van der Waals surface area contributed by atoms with Gasteiger partial charge in [-0.05, 0) is 32.9 Å². The van der Waals surface area contributed by atoms with E-state index in [-0.39, 0.29) is 5.78 Å². The van der Waals surface area contributed by atoms with Crippen LogP contribution < -0.4 is 14.2 Å². The molecule has 4 nitrogen and oxygen atoms in total. The van der Waals surface area contributed by atoms with Crippen molar-refractivity contribution in [1.82, 2.24) is 0 Å². The summed E-state index contributed by atoms with van der Waals surface area (Å²) in [6.07, 6.45) is 2.30. The zero-order chi connectivity index (χ0) is 14.9. The fourth-order valence-corrected chi connectivity index (χ4v) is 2.56. The summed E-state index contributed by atoms with van der Waals surface area (Å²) in [5, 5.41) is 0. The Morgan fingerprint density at radius 2 is 1.85 bits per heavy atom. The van der Waals surface area contributed by atoms with E-state index in [1.165, 1.54) is 0 Å². The second-order valence-electron chi connectivity index (χ2n) is 5.44. The molecule has 20 heavy (non-hydrogen) atoms. The van der Waals surface area contributed by atoms with Crippen LogP contribution in [0.3, 0.4) is 0 Å². The molecule has 0 spiro atoms. The zero-order valence-corrected chi connectivity index (χ0v) is 12.6. The Bertz CT molecular complexity index is 570. The minimum atomic E-state index is -0.609. The van der Waals surface area contributed by atoms with Gasteiger partial charge in [0.15, 0.2) is 17.3 Å². The van der Waals surface area contributed by atoms with Crippen LogP contribution in [0.2, 0.25) is 0 Å². The molecule has 0 radical (unpaired) electrons. The molecule has 0 unspecified atom stereocenters. The van der Waals surface area contributed by atoms with Gasteiger partial charge >= 0.3 is 0 Å². The van der Waals surface area contributed by atoms with Crippen LogP contribution in [0.5, 0.6) is 17.2 Å². The van der Waals surface area contributed by atoms with E-state index in [0.717, 1.165) is 5.57 Å². The van der Waals surface area contributed by atoms with Crippen LogP contribution in [0.15, 0.2) is 23.8 Å². The predicted octanol–water partition coefficient (Wildman–Crippen LogP) is 3.39. The van der Waals surface area contributed by atoms with Crippen molar-refractivity contribution in [2.45, 2.75) is 32.8 Å². The molecule has 0 saturated heterocycles. The standard InChI is InChI=1S/C16H20O4/c1-10(2)8-16(3)9-12(17)11-6-14(18-4)15(19-5)7-13(11)20-16/h6-8H,9H2,1-5H3/t16-/m0/s1. The van der Waals surface area contributed by atoms with Crippen molar-refractivity contribution >= 4 is 5.78 Å². The number of benzene rings is 1. The molecule has 0 amide bonds. The lowest BCUT2D eigenvalue weighted by atomic mass is 9.90. The molecule has 0 saturated carbocycles. The summed E-state index contributed by atoms with van der Waals surface area (Å²) in [7, 11) is 3.11. The molecular formula is C16H20O4. The molecule has 0 aromatic heterocycles. The smallest absolute Gasteiger partial charge is 0.171 e. The molecule has 0 aliphatic carbocycles. The topological polar surface area (TPSA) is 44.8 Å². The summed E-state index contributed by atoms with van der Waals surface area (Å²) < 4.78 is 16.5. The van der Waals surface area contributed by atoms with Gasteiger partial charge in [0.25, 0.3) is 0 Å². The van der Waals surface area contributed by atoms with Crippen molar-refractivity contribution < 1.29 is 19.0 Å². The molecule has 4 heteroatoms. The lowest BCUT2D eigenvalue weighted by Gasteiger charge is -2.33. The highest BCUT2D eigenvalue weighted by Gasteiger charge is 2.35. The van der Waals surface area contributed by atoms with Gasteiger partial charge in [-0.2, -0.15) is 0 Å². The van der Waals surface area contributed by atoms with Crippen LogP contribution in [-0.4, -0.2) is 25.6 Å². The molecule has 1 aliphatic heterocycles. The van der Waals surface area contributed by atoms with E-state index in [0.29, 0.717) is 29.2 Å². The Labute approximate surface area is 119 Å². The molecular weight excluding hydrogens is 256 g/mol. The van der Waals surface area contributed by atoms with Crippen LogP contribution >= 0.6 is 0 Å². The summed E-state index contributed by atoms with van der Waals surface area (Å²) in [6, 6.07) is 3.39. The third-order valence-corrected chi connectivity index (χ3v) is 3.23. The highest BCUT2D eigenvalue weighted by molar-refractivity contribution is 6.01. The maximum absolute atomic E-state index is 12.3. The third-order valence-electron chi connectivity index (χ3n) is 3.23. The molecule has 108 valence electrons. The maximum Gasteiger partial charge on any atom is 0.171 e. The first kappa shape index (κ1) is 14.4. The van der Waals surface area contributed by atoms with Crippen LogP contribution in [0, 0.1) is 0 Å². The van der Waals surface area contributed by atoms with E-state index in [4.69, 9.17) is 14.2 Å². The number of carbonyl (C=O) groups excluding carboxylic acids is 1. The van der Waals surface area contributed by atoms with Gasteiger partial charge in [-0.25, -0.2) is 0 Å². The van der Waals surface area contributed by atoms with Gasteiger partial charge in [0, 0.05) is 6.07 Å². The molecule has 1 atom stereocenters. The van der Waals surface area contributed by atoms with Crippen molar-refractivity contribution in [2.24, 2.45) is 0 Å². The molecule has 1 heterocycles. The summed E-state index contributed by atoms with van der Waals surface area (Å²) >= 11 is 0. The lowest BCUT2D eigenvalue weighted by Crippen LogP contribution is -2.37. The van der Waals surface area contributed by atoms with Crippen molar-refractivity contribution in [3.63, 3.8) is 0 Å². The van der Waals surface area contributed by atoms with E-state index in [1.807, 2.05) is 26.8 Å². The summed E-state index contributed by atoms with van der Waals surface area (Å²) in [5.74, 6) is 1.68. The SMILES string of the molecule is COc1cc2c(cc1OC)C(=O)C[C@](C)(C=C(C)C)O2. The van der Waals surface area contributed by atoms with Gasteiger partial charge in [0.1, 0.15) is 11.4 Å². The second-order valence-corrected chi connectivity index (χ2v) is 5.44. The minimum Gasteiger partial charge on any atom is -0.493 e. The van der Waals surface area contributed by atoms with Crippen LogP contribution in [-0.2, 0) is 0 Å². The first-order chi connectivity index (χ1) is 9.38. The summed E-state index contributed by atoms with van der Waals surface area (Å²) in [6.45, 7) is 5.89. The van der Waals surface area contributed by atoms with Crippen LogP contribution in [0.4, 0.5) is 0 Å². The highest BCUT2D eigenvalue weighted by atomic mass is 16.5. The van der Waals surface area contributed by atoms with E-state index in [2.05, 4.69) is 0 Å². The highest BCUT2D eigenvalue weighted by Crippen LogP contribution is 2.41. The Kier molecular flexibility index (Phi) is 3.75. The zero-order valence-electron chi connectivity index (χ0n) is 12.6. The van der Waals surface area contributed by atoms with Gasteiger partial charge in [0.2, 0.25) is 0 Å². The molecule has 0 N–H and O–H groups in total. The van der Waals surface area contributed by atoms with Gasteiger partial charge in [-0.1, -0.05) is 5.57 Å². The molecule has 1 aromatic rings. The van der Waals surface area contributed by atoms with Gasteiger partial charge in [0.05, 0.1) is 26.2 Å². The van der Waals surface area contributed by atoms with Gasteiger partial charge in [-0.15, -0.1) is 0 Å². The summed E-state index contributed by atoms with van der Waals surface area (Å²) in [5.41, 5.74) is 1.05. The first-order valence-corrected chi connectivity index (χ1v) is 6.53. The van der Waals surface area contributed by atoms with Crippen molar-refractivity contribution in [3.05, 3.63) is 29.3 Å². The second kappa shape index (κ2) is 5.19. The van der Waals surface area contributed by atoms with Crippen LogP contribution in [0.25, 0.3) is 0 Å². The Morgan fingerprint density at radius 1 is 1.25 bits per heavy atom. The number of Topliss-reactive ketones (excluding diaryl/α,β-unsaturated/α-hetero) is 1. The molecule has 1 aromatic carbocycles. The van der Waals surface area contributed by atoms with Crippen molar-refractivity contribution in [3.8, 4) is 17.2 Å². The van der Waals surface area contributed by atoms with E-state index < -0.39 is 5.60 Å². The number of methoxy groups -OCH3 is 2. The van der Waals surface area contributed by atoms with E-state index >= 15 is 0 Å². The lowest BCUT2D eigenvalue weighted by molar-refractivity contribution is 0.0724. The van der Waals surface area contributed by atoms with Crippen LogP contribution in [0.1, 0.15) is 37.6 Å². The number of ketones is 1. The normalized spacial score (nSPS) is 20.8. The average Bonchev–Trinajstić information content (AvgIpc) is 2.35. The Balaban J connectivity index is 2.50. The molecule has 0 fully saturated rings. The number of carbonyl (C=O) groups is 1. The molecule has 2 rings (SSSR count). The fourth-order valence-electron chi connectivity index (χ4n) is 2.56. The first-order valence-electron chi connectivity index (χ1n) is 6.53. The predicted molar refractivity (Wildman–Crippen MR) is 77.0 cm³/mol. The Morgan fingerprint density at radius 3 is 2.40 bits per heavy atom. The minimum absolute atomic E-state index is 0.0483. The summed E-state index contributed by atoms with van der Waals surface area (Å²) in [4.78, 5) is 12.3. The molecule has 0 bridgehead atoms. The molecule has 1 aliphatic rings. The van der Waals surface area contributed by atoms with E-state index in [1.54, 1.807) is 26.4 Å². The van der Waals surface area contributed by atoms with Crippen molar-refractivity contribution in [1.29, 1.82) is 0 Å². The number of allylic oxidation sites excluding steroid dienone is 1. The number of hydrogen-bond donors (Lipinski definition) is 0. The van der Waals surface area contributed by atoms with Gasteiger partial charge < -0.3 is 14.2 Å². The third kappa shape index (κ3) is 2.64. The number of rotatable bonds is 3. The Hall–Kier alpha value is -1.97. The quantitative estimate of drug-likeness (QED) is 0.794. The van der Waals surface area contributed by atoms with Gasteiger partial charge in [-0.3, -0.25) is 4.79 Å².